The molecule has 0 aromatic carbocycles. The van der Waals surface area contributed by atoms with Crippen LogP contribution < -0.4 is 0 Å². The number of carboxylic acids is 1. The third-order valence-electron chi connectivity index (χ3n) is 2.38. The second-order valence-corrected chi connectivity index (χ2v) is 3.99. The van der Waals surface area contributed by atoms with Crippen LogP contribution in [0.2, 0.25) is 0 Å². The number of carbonyl (C=O) groups is 1. The molecule has 0 aromatic heterocycles. The first-order valence-corrected chi connectivity index (χ1v) is 6.09. The lowest BCUT2D eigenvalue weighted by Crippen LogP contribution is -2.06. The molecule has 1 unspecified atom stereocenters. The Hall–Kier alpha value is -0.760. The smallest absolute Gasteiger partial charge is 0.330 e. The zero-order chi connectivity index (χ0) is 13.0. The molecule has 0 aliphatic heterocycles. The molecule has 1 atom stereocenters. The number of unbranched alkanes of at least 4 members (excludes halogenated alkanes) is 1. The van der Waals surface area contributed by atoms with Gasteiger partial charge in [0, 0.05) is 5.57 Å². The van der Waals surface area contributed by atoms with Crippen molar-refractivity contribution < 1.29 is 9.90 Å². The Labute approximate surface area is 104 Å². The van der Waals surface area contributed by atoms with E-state index in [4.69, 9.17) is 16.7 Å². The topological polar surface area (TPSA) is 37.3 Å². The van der Waals surface area contributed by atoms with E-state index in [9.17, 15) is 4.79 Å². The van der Waals surface area contributed by atoms with Gasteiger partial charge < -0.3 is 5.11 Å². The molecule has 0 aromatic rings. The molecule has 0 heterocycles. The van der Waals surface area contributed by atoms with Gasteiger partial charge in [-0.15, -0.1) is 0 Å². The average Bonchev–Trinajstić information content (AvgIpc) is 2.24. The van der Waals surface area contributed by atoms with Crippen molar-refractivity contribution in [3.63, 3.8) is 0 Å². The summed E-state index contributed by atoms with van der Waals surface area (Å²) in [6, 6.07) is 0. The molecule has 0 aliphatic carbocycles. The van der Waals surface area contributed by atoms with Gasteiger partial charge in [-0.3, -0.25) is 0 Å². The van der Waals surface area contributed by atoms with Gasteiger partial charge >= 0.3 is 5.97 Å². The third-order valence-corrected chi connectivity index (χ3v) is 2.38. The molecule has 0 amide bonds. The number of halogens is 1. The Kier molecular flexibility index (Phi) is 13.6. The van der Waals surface area contributed by atoms with E-state index in [-0.39, 0.29) is 0 Å². The Morgan fingerprint density at radius 1 is 1.50 bits per heavy atom. The maximum atomic E-state index is 10.5. The maximum Gasteiger partial charge on any atom is 0.330 e. The number of carboxylic acid groups (broad SMARTS) is 1. The monoisotopic (exact) mass is 246 g/mol. The molecular formula is C13H23ClO2. The summed E-state index contributed by atoms with van der Waals surface area (Å²) in [5, 5.41) is 8.65. The van der Waals surface area contributed by atoms with Crippen molar-refractivity contribution in [3.05, 3.63) is 24.3 Å². The first kappa shape index (κ1) is 17.6. The molecule has 0 bridgehead atoms. The molecule has 0 saturated heterocycles. The van der Waals surface area contributed by atoms with Gasteiger partial charge in [-0.2, -0.15) is 0 Å². The van der Waals surface area contributed by atoms with Crippen molar-refractivity contribution in [3.8, 4) is 0 Å². The van der Waals surface area contributed by atoms with E-state index in [1.54, 1.807) is 0 Å². The summed E-state index contributed by atoms with van der Waals surface area (Å²) in [7, 11) is 0. The van der Waals surface area contributed by atoms with Gasteiger partial charge in [0.25, 0.3) is 0 Å². The van der Waals surface area contributed by atoms with Crippen LogP contribution in [0.25, 0.3) is 0 Å². The molecule has 0 saturated carbocycles. The highest BCUT2D eigenvalue weighted by atomic mass is 35.5. The van der Waals surface area contributed by atoms with Crippen molar-refractivity contribution in [1.82, 2.24) is 0 Å². The maximum absolute atomic E-state index is 10.5. The zero-order valence-corrected chi connectivity index (χ0v) is 11.1. The fourth-order valence-corrected chi connectivity index (χ4v) is 1.38. The predicted octanol–water partition coefficient (Wildman–Crippen LogP) is 4.60. The van der Waals surface area contributed by atoms with E-state index in [0.29, 0.717) is 17.9 Å². The minimum absolute atomic E-state index is 0.350. The Balaban J connectivity index is 0. The highest BCUT2D eigenvalue weighted by Gasteiger charge is 2.11. The number of hydrogen-bond donors (Lipinski definition) is 1. The third kappa shape index (κ3) is 11.3. The zero-order valence-electron chi connectivity index (χ0n) is 10.3. The van der Waals surface area contributed by atoms with Crippen molar-refractivity contribution >= 4 is 17.6 Å². The molecule has 0 aliphatic rings. The normalized spacial score (nSPS) is 10.9. The molecule has 0 spiro atoms. The van der Waals surface area contributed by atoms with Crippen LogP contribution in [0, 0.1) is 5.92 Å². The first-order valence-electron chi connectivity index (χ1n) is 5.65. The summed E-state index contributed by atoms with van der Waals surface area (Å²) >= 11 is 4.76. The minimum atomic E-state index is -0.852. The van der Waals surface area contributed by atoms with Crippen LogP contribution >= 0.6 is 11.6 Å². The molecule has 0 radical (unpaired) electrons. The van der Waals surface area contributed by atoms with Gasteiger partial charge in [0.15, 0.2) is 0 Å². The van der Waals surface area contributed by atoms with Crippen molar-refractivity contribution in [2.24, 2.45) is 5.92 Å². The van der Waals surface area contributed by atoms with Crippen LogP contribution in [0.1, 0.15) is 46.0 Å². The largest absolute Gasteiger partial charge is 0.478 e. The van der Waals surface area contributed by atoms with Crippen LogP contribution in [0.4, 0.5) is 0 Å². The Bertz CT molecular complexity index is 212. The van der Waals surface area contributed by atoms with E-state index < -0.39 is 5.97 Å². The van der Waals surface area contributed by atoms with E-state index >= 15 is 0 Å². The molecule has 1 N–H and O–H groups in total. The molecule has 0 fully saturated rings. The van der Waals surface area contributed by atoms with E-state index in [1.165, 1.54) is 18.4 Å². The highest BCUT2D eigenvalue weighted by Crippen LogP contribution is 2.20. The fourth-order valence-electron chi connectivity index (χ4n) is 1.38. The summed E-state index contributed by atoms with van der Waals surface area (Å²) in [6.07, 6.45) is 5.18. The van der Waals surface area contributed by atoms with Gasteiger partial charge in [0.2, 0.25) is 0 Å². The van der Waals surface area contributed by atoms with E-state index in [1.807, 2.05) is 0 Å². The lowest BCUT2D eigenvalue weighted by atomic mass is 9.92. The SMILES string of the molecule is C=C(CC(CC)CCCC)C(=O)O.C=CCl. The van der Waals surface area contributed by atoms with Crippen molar-refractivity contribution in [2.75, 3.05) is 0 Å². The molecular weight excluding hydrogens is 224 g/mol. The second kappa shape index (κ2) is 12.3. The summed E-state index contributed by atoms with van der Waals surface area (Å²) in [4.78, 5) is 10.5. The standard InChI is InChI=1S/C11H20O2.C2H3Cl/c1-4-6-7-10(5-2)8-9(3)11(12)13;1-2-3/h10H,3-8H2,1-2H3,(H,12,13);2H,1H2. The van der Waals surface area contributed by atoms with Gasteiger partial charge in [0.05, 0.1) is 0 Å². The predicted molar refractivity (Wildman–Crippen MR) is 70.7 cm³/mol. The van der Waals surface area contributed by atoms with Gasteiger partial charge in [-0.1, -0.05) is 64.3 Å². The van der Waals surface area contributed by atoms with Gasteiger partial charge in [-0.25, -0.2) is 4.79 Å². The number of rotatable bonds is 7. The van der Waals surface area contributed by atoms with Crippen LogP contribution in [-0.4, -0.2) is 11.1 Å². The Morgan fingerprint density at radius 2 is 2.00 bits per heavy atom. The first-order chi connectivity index (χ1) is 7.53. The lowest BCUT2D eigenvalue weighted by molar-refractivity contribution is -0.132. The molecule has 16 heavy (non-hydrogen) atoms. The Morgan fingerprint density at radius 3 is 2.31 bits per heavy atom. The van der Waals surface area contributed by atoms with Crippen LogP contribution in [0.3, 0.4) is 0 Å². The van der Waals surface area contributed by atoms with Crippen LogP contribution in [0.5, 0.6) is 0 Å². The van der Waals surface area contributed by atoms with Crippen LogP contribution in [-0.2, 0) is 4.79 Å². The van der Waals surface area contributed by atoms with E-state index in [0.717, 1.165) is 12.8 Å². The molecule has 3 heteroatoms. The van der Waals surface area contributed by atoms with Crippen molar-refractivity contribution in [2.45, 2.75) is 46.0 Å². The number of aliphatic carboxylic acids is 1. The van der Waals surface area contributed by atoms with Crippen molar-refractivity contribution in [1.29, 1.82) is 0 Å². The molecule has 2 nitrogen and oxygen atoms in total. The lowest BCUT2D eigenvalue weighted by Gasteiger charge is -2.13. The number of hydrogen-bond acceptors (Lipinski definition) is 1. The average molecular weight is 247 g/mol. The molecule has 0 rings (SSSR count). The van der Waals surface area contributed by atoms with Gasteiger partial charge in [0.1, 0.15) is 0 Å². The van der Waals surface area contributed by atoms with Gasteiger partial charge in [-0.05, 0) is 17.9 Å². The minimum Gasteiger partial charge on any atom is -0.478 e. The fraction of sp³-hybridized carbons (Fsp3) is 0.615. The summed E-state index contributed by atoms with van der Waals surface area (Å²) < 4.78 is 0. The second-order valence-electron chi connectivity index (χ2n) is 3.68. The molecule has 94 valence electrons. The van der Waals surface area contributed by atoms with Crippen LogP contribution in [0.15, 0.2) is 24.3 Å². The summed E-state index contributed by atoms with van der Waals surface area (Å²) in [5.74, 6) is -0.349. The highest BCUT2D eigenvalue weighted by molar-refractivity contribution is 6.25. The summed E-state index contributed by atoms with van der Waals surface area (Å²) in [5.41, 5.74) is 1.57. The quantitative estimate of drug-likeness (QED) is 0.667. The summed E-state index contributed by atoms with van der Waals surface area (Å²) in [6.45, 7) is 10.9. The van der Waals surface area contributed by atoms with E-state index in [2.05, 4.69) is 27.0 Å².